The van der Waals surface area contributed by atoms with E-state index in [1.54, 1.807) is 12.1 Å². The van der Waals surface area contributed by atoms with E-state index in [9.17, 15) is 0 Å². The van der Waals surface area contributed by atoms with Crippen LogP contribution < -0.4 is 5.32 Å². The van der Waals surface area contributed by atoms with E-state index in [1.165, 1.54) is 5.56 Å². The topological polar surface area (TPSA) is 53.6 Å². The average Bonchev–Trinajstić information content (AvgIpc) is 3.20. The van der Waals surface area contributed by atoms with Crippen molar-refractivity contribution in [1.82, 2.24) is 9.78 Å². The van der Waals surface area contributed by atoms with E-state index in [4.69, 9.17) is 10.4 Å². The third-order valence-corrected chi connectivity index (χ3v) is 6.05. The van der Waals surface area contributed by atoms with Crippen LogP contribution >= 0.6 is 0 Å². The Morgan fingerprint density at radius 3 is 2.43 bits per heavy atom. The first-order valence-corrected chi connectivity index (χ1v) is 10.6. The van der Waals surface area contributed by atoms with Gasteiger partial charge in [0.1, 0.15) is 11.5 Å². The Labute approximate surface area is 177 Å². The van der Waals surface area contributed by atoms with Crippen molar-refractivity contribution in [3.8, 4) is 23.0 Å². The molecule has 1 aromatic heterocycles. The number of hydrogen-bond donors (Lipinski definition) is 1. The number of nitrogens with zero attached hydrogens (tertiary/aromatic N) is 3. The van der Waals surface area contributed by atoms with Crippen LogP contribution in [-0.4, -0.2) is 22.0 Å². The monoisotopic (exact) mass is 402 g/mol. The molecule has 154 valence electrons. The van der Waals surface area contributed by atoms with E-state index in [1.807, 2.05) is 22.9 Å². The van der Waals surface area contributed by atoms with E-state index in [-0.39, 0.29) is 6.54 Å². The number of rotatable bonds is 5. The van der Waals surface area contributed by atoms with Gasteiger partial charge in [-0.2, -0.15) is 5.26 Å². The van der Waals surface area contributed by atoms with E-state index >= 15 is 4.39 Å². The fraction of sp³-hybridized carbons (Fsp3) is 0.360. The lowest BCUT2D eigenvalue weighted by Gasteiger charge is -2.32. The number of anilines is 1. The summed E-state index contributed by atoms with van der Waals surface area (Å²) in [6.07, 6.45) is 3.07. The summed E-state index contributed by atoms with van der Waals surface area (Å²) in [5, 5.41) is 17.0. The van der Waals surface area contributed by atoms with Crippen LogP contribution in [0.3, 0.4) is 0 Å². The molecule has 0 spiro atoms. The molecular formula is C25H27FN4. The van der Waals surface area contributed by atoms with Gasteiger partial charge in [0.15, 0.2) is 0 Å². The van der Waals surface area contributed by atoms with Crippen molar-refractivity contribution >= 4 is 5.82 Å². The number of nitriles is 1. The highest BCUT2D eigenvalue weighted by Crippen LogP contribution is 2.35. The molecule has 4 nitrogen and oxygen atoms in total. The minimum atomic E-state index is -1.17. The van der Waals surface area contributed by atoms with Gasteiger partial charge in [0.25, 0.3) is 0 Å². The second-order valence-electron chi connectivity index (χ2n) is 8.54. The molecule has 30 heavy (non-hydrogen) atoms. The largest absolute Gasteiger partial charge is 0.365 e. The minimum absolute atomic E-state index is 0.275. The molecule has 0 saturated heterocycles. The van der Waals surface area contributed by atoms with Gasteiger partial charge in [0.05, 0.1) is 29.6 Å². The van der Waals surface area contributed by atoms with Gasteiger partial charge in [-0.15, -0.1) is 5.10 Å². The van der Waals surface area contributed by atoms with Crippen LogP contribution in [0.2, 0.25) is 0 Å². The Balaban J connectivity index is 1.63. The third-order valence-electron chi connectivity index (χ3n) is 6.05. The molecule has 1 heterocycles. The van der Waals surface area contributed by atoms with Crippen molar-refractivity contribution in [1.29, 1.82) is 5.26 Å². The average molecular weight is 403 g/mol. The summed E-state index contributed by atoms with van der Waals surface area (Å²) in [7, 11) is 0. The maximum Gasteiger partial charge on any atom is 0.149 e. The maximum absolute atomic E-state index is 15.2. The molecule has 0 radical (unpaired) electrons. The van der Waals surface area contributed by atoms with E-state index in [0.717, 1.165) is 29.8 Å². The number of aryl methyl sites for hydroxylation is 1. The Kier molecular flexibility index (Phi) is 5.59. The molecule has 3 aromatic rings. The Morgan fingerprint density at radius 1 is 1.13 bits per heavy atom. The predicted molar refractivity (Wildman–Crippen MR) is 118 cm³/mol. The molecule has 0 unspecified atom stereocenters. The van der Waals surface area contributed by atoms with Crippen molar-refractivity contribution in [2.75, 3.05) is 11.9 Å². The van der Waals surface area contributed by atoms with Gasteiger partial charge in [0, 0.05) is 11.6 Å². The fourth-order valence-electron chi connectivity index (χ4n) is 3.98. The summed E-state index contributed by atoms with van der Waals surface area (Å²) in [5.41, 5.74) is 3.44. The number of hydrogen-bond acceptors (Lipinski definition) is 3. The zero-order valence-electron chi connectivity index (χ0n) is 17.5. The van der Waals surface area contributed by atoms with Gasteiger partial charge in [-0.05, 0) is 62.8 Å². The number of alkyl halides is 1. The third kappa shape index (κ3) is 4.38. The van der Waals surface area contributed by atoms with Crippen LogP contribution in [0.1, 0.15) is 43.7 Å². The number of aromatic nitrogens is 2. The summed E-state index contributed by atoms with van der Waals surface area (Å²) in [6.45, 7) is 4.53. The van der Waals surface area contributed by atoms with Crippen LogP contribution in [0.25, 0.3) is 16.9 Å². The molecule has 2 aromatic carbocycles. The smallest absolute Gasteiger partial charge is 0.149 e. The second-order valence-corrected chi connectivity index (χ2v) is 8.54. The molecule has 1 aliphatic rings. The first-order valence-electron chi connectivity index (χ1n) is 10.6. The molecule has 5 heteroatoms. The fourth-order valence-corrected chi connectivity index (χ4v) is 3.98. The predicted octanol–water partition coefficient (Wildman–Crippen LogP) is 6.05. The molecule has 0 bridgehead atoms. The molecule has 0 aliphatic heterocycles. The van der Waals surface area contributed by atoms with Crippen molar-refractivity contribution in [2.45, 2.75) is 45.2 Å². The maximum atomic E-state index is 15.2. The van der Waals surface area contributed by atoms with E-state index in [0.29, 0.717) is 30.1 Å². The van der Waals surface area contributed by atoms with Crippen LogP contribution in [0, 0.1) is 24.2 Å². The van der Waals surface area contributed by atoms with Crippen LogP contribution in [0.15, 0.2) is 54.6 Å². The number of benzene rings is 2. The molecule has 0 amide bonds. The van der Waals surface area contributed by atoms with E-state index in [2.05, 4.69) is 49.5 Å². The van der Waals surface area contributed by atoms with Gasteiger partial charge in [-0.25, -0.2) is 9.07 Å². The zero-order chi connectivity index (χ0) is 21.1. The number of nitrogens with one attached hydrogen (secondary N) is 1. The molecule has 1 saturated carbocycles. The van der Waals surface area contributed by atoms with Crippen molar-refractivity contribution < 1.29 is 4.39 Å². The SMILES string of the molecule is Cc1ccc(-c2cc(NCC3(F)CCC(C)CC3)nn2-c2ccc(C#N)cc2)cc1. The Morgan fingerprint density at radius 2 is 1.80 bits per heavy atom. The Hall–Kier alpha value is -3.13. The van der Waals surface area contributed by atoms with Gasteiger partial charge < -0.3 is 5.32 Å². The van der Waals surface area contributed by atoms with Gasteiger partial charge in [0.2, 0.25) is 0 Å². The lowest BCUT2D eigenvalue weighted by Crippen LogP contribution is -2.36. The van der Waals surface area contributed by atoms with Crippen LogP contribution in [0.5, 0.6) is 0 Å². The summed E-state index contributed by atoms with van der Waals surface area (Å²) in [6, 6.07) is 19.7. The highest BCUT2D eigenvalue weighted by molar-refractivity contribution is 5.66. The molecule has 4 rings (SSSR count). The van der Waals surface area contributed by atoms with Crippen molar-refractivity contribution in [2.24, 2.45) is 5.92 Å². The second kappa shape index (κ2) is 8.31. The minimum Gasteiger partial charge on any atom is -0.365 e. The molecule has 1 N–H and O–H groups in total. The van der Waals surface area contributed by atoms with Crippen LogP contribution in [-0.2, 0) is 0 Å². The molecular weight excluding hydrogens is 375 g/mol. The van der Waals surface area contributed by atoms with Gasteiger partial charge >= 0.3 is 0 Å². The van der Waals surface area contributed by atoms with E-state index < -0.39 is 5.67 Å². The number of halogens is 1. The quantitative estimate of drug-likeness (QED) is 0.565. The zero-order valence-corrected chi connectivity index (χ0v) is 17.5. The van der Waals surface area contributed by atoms with Gasteiger partial charge in [-0.3, -0.25) is 0 Å². The normalized spacial score (nSPS) is 21.2. The summed E-state index contributed by atoms with van der Waals surface area (Å²) in [5.74, 6) is 1.27. The molecule has 1 fully saturated rings. The van der Waals surface area contributed by atoms with Gasteiger partial charge in [-0.1, -0.05) is 36.8 Å². The first-order chi connectivity index (χ1) is 14.5. The summed E-state index contributed by atoms with van der Waals surface area (Å²) in [4.78, 5) is 0. The van der Waals surface area contributed by atoms with Crippen molar-refractivity contribution in [3.05, 3.63) is 65.7 Å². The highest BCUT2D eigenvalue weighted by atomic mass is 19.1. The molecule has 1 aliphatic carbocycles. The highest BCUT2D eigenvalue weighted by Gasteiger charge is 2.34. The summed E-state index contributed by atoms with van der Waals surface area (Å²) < 4.78 is 17.0. The lowest BCUT2D eigenvalue weighted by atomic mass is 9.81. The molecule has 0 atom stereocenters. The Bertz CT molecular complexity index is 1040. The van der Waals surface area contributed by atoms with Crippen molar-refractivity contribution in [3.63, 3.8) is 0 Å². The standard InChI is InChI=1S/C25H27FN4/c1-18-3-7-21(8-4-18)23-15-24(28-17-25(26)13-11-19(2)12-14-25)29-30(23)22-9-5-20(16-27)6-10-22/h3-10,15,19H,11-14,17H2,1-2H3,(H,28,29). The van der Waals surface area contributed by atoms with Crippen LogP contribution in [0.4, 0.5) is 10.2 Å². The lowest BCUT2D eigenvalue weighted by molar-refractivity contribution is 0.101. The first kappa shape index (κ1) is 20.2. The summed E-state index contributed by atoms with van der Waals surface area (Å²) >= 11 is 0.